The van der Waals surface area contributed by atoms with Crippen LogP contribution < -0.4 is 4.74 Å². The Kier molecular flexibility index (Phi) is 4.15. The zero-order valence-corrected chi connectivity index (χ0v) is 13.6. The molecule has 0 amide bonds. The molecule has 0 bridgehead atoms. The van der Waals surface area contributed by atoms with Crippen LogP contribution in [0.3, 0.4) is 0 Å². The van der Waals surface area contributed by atoms with Gasteiger partial charge in [0.2, 0.25) is 0 Å². The van der Waals surface area contributed by atoms with E-state index in [9.17, 15) is 9.50 Å². The number of para-hydroxylation sites is 1. The van der Waals surface area contributed by atoms with Gasteiger partial charge in [0.25, 0.3) is 0 Å². The summed E-state index contributed by atoms with van der Waals surface area (Å²) in [6, 6.07) is 13.5. The molecule has 1 N–H and O–H groups in total. The summed E-state index contributed by atoms with van der Waals surface area (Å²) in [4.78, 5) is 4.53. The minimum atomic E-state index is -1.35. The number of halogens is 1. The standard InChI is InChI=1S/C18H16FNO2S/c1-18(21,12-6-5-7-13(19)10-12)17-20-15(11-23-17)14-8-3-4-9-16(14)22-2/h3-11,21H,1-2H3. The minimum absolute atomic E-state index is 0.385. The molecule has 0 fully saturated rings. The monoisotopic (exact) mass is 329 g/mol. The molecule has 0 saturated carbocycles. The molecule has 3 aromatic rings. The molecule has 1 heterocycles. The zero-order valence-electron chi connectivity index (χ0n) is 12.8. The highest BCUT2D eigenvalue weighted by molar-refractivity contribution is 7.10. The van der Waals surface area contributed by atoms with E-state index in [-0.39, 0.29) is 5.82 Å². The van der Waals surface area contributed by atoms with Crippen LogP contribution in [0, 0.1) is 5.82 Å². The maximum Gasteiger partial charge on any atom is 0.138 e. The van der Waals surface area contributed by atoms with Gasteiger partial charge in [0.15, 0.2) is 0 Å². The Balaban J connectivity index is 2.01. The summed E-state index contributed by atoms with van der Waals surface area (Å²) in [5, 5.41) is 13.2. The number of rotatable bonds is 4. The number of aliphatic hydroxyl groups is 1. The van der Waals surface area contributed by atoms with E-state index < -0.39 is 5.60 Å². The van der Waals surface area contributed by atoms with Gasteiger partial charge in [0, 0.05) is 10.9 Å². The van der Waals surface area contributed by atoms with Gasteiger partial charge in [0.1, 0.15) is 22.2 Å². The number of nitrogens with zero attached hydrogens (tertiary/aromatic N) is 1. The summed E-state index contributed by atoms with van der Waals surface area (Å²) in [7, 11) is 1.61. The van der Waals surface area contributed by atoms with Gasteiger partial charge in [-0.1, -0.05) is 24.3 Å². The lowest BCUT2D eigenvalue weighted by Crippen LogP contribution is -2.22. The Hall–Kier alpha value is -2.24. The normalized spacial score (nSPS) is 13.6. The van der Waals surface area contributed by atoms with Crippen molar-refractivity contribution in [2.24, 2.45) is 0 Å². The van der Waals surface area contributed by atoms with E-state index in [1.54, 1.807) is 26.2 Å². The second-order valence-corrected chi connectivity index (χ2v) is 6.18. The Morgan fingerprint density at radius 1 is 1.17 bits per heavy atom. The number of methoxy groups -OCH3 is 1. The Morgan fingerprint density at radius 2 is 1.96 bits per heavy atom. The lowest BCUT2D eigenvalue weighted by atomic mass is 9.97. The lowest BCUT2D eigenvalue weighted by Gasteiger charge is -2.21. The third kappa shape index (κ3) is 2.98. The molecule has 1 unspecified atom stereocenters. The second-order valence-electron chi connectivity index (χ2n) is 5.32. The first-order valence-electron chi connectivity index (χ1n) is 7.10. The van der Waals surface area contributed by atoms with Crippen molar-refractivity contribution in [2.75, 3.05) is 7.11 Å². The molecule has 23 heavy (non-hydrogen) atoms. The number of thiazole rings is 1. The van der Waals surface area contributed by atoms with Gasteiger partial charge in [0.05, 0.1) is 12.8 Å². The molecule has 0 radical (unpaired) electrons. The fourth-order valence-electron chi connectivity index (χ4n) is 2.39. The Bertz CT molecular complexity index is 829. The average Bonchev–Trinajstić information content (AvgIpc) is 3.05. The maximum atomic E-state index is 13.4. The third-order valence-electron chi connectivity index (χ3n) is 3.69. The largest absolute Gasteiger partial charge is 0.496 e. The zero-order chi connectivity index (χ0) is 16.4. The highest BCUT2D eigenvalue weighted by Gasteiger charge is 2.30. The van der Waals surface area contributed by atoms with Gasteiger partial charge >= 0.3 is 0 Å². The summed E-state index contributed by atoms with van der Waals surface area (Å²) in [6.07, 6.45) is 0. The third-order valence-corrected chi connectivity index (χ3v) is 4.74. The first-order chi connectivity index (χ1) is 11.0. The van der Waals surface area contributed by atoms with E-state index in [0.717, 1.165) is 17.0 Å². The second kappa shape index (κ2) is 6.10. The predicted molar refractivity (Wildman–Crippen MR) is 89.2 cm³/mol. The van der Waals surface area contributed by atoms with Gasteiger partial charge in [-0.15, -0.1) is 11.3 Å². The van der Waals surface area contributed by atoms with Crippen molar-refractivity contribution in [3.8, 4) is 17.0 Å². The fraction of sp³-hybridized carbons (Fsp3) is 0.167. The smallest absolute Gasteiger partial charge is 0.138 e. The summed E-state index contributed by atoms with van der Waals surface area (Å²) < 4.78 is 18.8. The summed E-state index contributed by atoms with van der Waals surface area (Å²) in [6.45, 7) is 1.62. The van der Waals surface area contributed by atoms with Crippen LogP contribution >= 0.6 is 11.3 Å². The van der Waals surface area contributed by atoms with Crippen LogP contribution in [0.4, 0.5) is 4.39 Å². The van der Waals surface area contributed by atoms with Crippen LogP contribution in [-0.4, -0.2) is 17.2 Å². The molecule has 0 aliphatic rings. The first-order valence-corrected chi connectivity index (χ1v) is 7.98. The predicted octanol–water partition coefficient (Wildman–Crippen LogP) is 4.21. The highest BCUT2D eigenvalue weighted by Crippen LogP contribution is 2.36. The molecule has 0 aliphatic heterocycles. The summed E-state index contributed by atoms with van der Waals surface area (Å²) in [5.41, 5.74) is 0.692. The van der Waals surface area contributed by atoms with Crippen LogP contribution in [0.15, 0.2) is 53.9 Å². The average molecular weight is 329 g/mol. The Labute approximate surface area is 138 Å². The molecule has 3 rings (SSSR count). The molecule has 0 saturated heterocycles. The van der Waals surface area contributed by atoms with Crippen LogP contribution in [0.2, 0.25) is 0 Å². The molecule has 3 nitrogen and oxygen atoms in total. The highest BCUT2D eigenvalue weighted by atomic mass is 32.1. The number of benzene rings is 2. The van der Waals surface area contributed by atoms with Gasteiger partial charge in [-0.05, 0) is 36.8 Å². The number of hydrogen-bond donors (Lipinski definition) is 1. The van der Waals surface area contributed by atoms with Crippen molar-refractivity contribution in [2.45, 2.75) is 12.5 Å². The number of ether oxygens (including phenoxy) is 1. The molecule has 0 aliphatic carbocycles. The van der Waals surface area contributed by atoms with Crippen LogP contribution in [-0.2, 0) is 5.60 Å². The van der Waals surface area contributed by atoms with Crippen molar-refractivity contribution < 1.29 is 14.2 Å². The molecule has 1 atom stereocenters. The Morgan fingerprint density at radius 3 is 2.70 bits per heavy atom. The van der Waals surface area contributed by atoms with Gasteiger partial charge in [-0.3, -0.25) is 0 Å². The molecule has 2 aromatic carbocycles. The van der Waals surface area contributed by atoms with E-state index in [1.165, 1.54) is 23.5 Å². The quantitative estimate of drug-likeness (QED) is 0.779. The van der Waals surface area contributed by atoms with Crippen molar-refractivity contribution >= 4 is 11.3 Å². The van der Waals surface area contributed by atoms with Gasteiger partial charge in [-0.2, -0.15) is 0 Å². The lowest BCUT2D eigenvalue weighted by molar-refractivity contribution is 0.102. The van der Waals surface area contributed by atoms with E-state index >= 15 is 0 Å². The van der Waals surface area contributed by atoms with Crippen molar-refractivity contribution in [3.05, 3.63) is 70.3 Å². The first kappa shape index (κ1) is 15.6. The number of aromatic nitrogens is 1. The molecule has 5 heteroatoms. The van der Waals surface area contributed by atoms with Gasteiger partial charge < -0.3 is 9.84 Å². The SMILES string of the molecule is COc1ccccc1-c1csc(C(C)(O)c2cccc(F)c2)n1. The van der Waals surface area contributed by atoms with E-state index in [2.05, 4.69) is 4.98 Å². The molecule has 118 valence electrons. The maximum absolute atomic E-state index is 13.4. The van der Waals surface area contributed by atoms with Gasteiger partial charge in [-0.25, -0.2) is 9.37 Å². The van der Waals surface area contributed by atoms with Crippen LogP contribution in [0.25, 0.3) is 11.3 Å². The van der Waals surface area contributed by atoms with E-state index in [1.807, 2.05) is 29.6 Å². The molecular formula is C18H16FNO2S. The van der Waals surface area contributed by atoms with Crippen LogP contribution in [0.5, 0.6) is 5.75 Å². The fourth-order valence-corrected chi connectivity index (χ4v) is 3.29. The van der Waals surface area contributed by atoms with Crippen LogP contribution in [0.1, 0.15) is 17.5 Å². The van der Waals surface area contributed by atoms with Crippen molar-refractivity contribution in [1.82, 2.24) is 4.98 Å². The van der Waals surface area contributed by atoms with E-state index in [4.69, 9.17) is 4.74 Å². The summed E-state index contributed by atoms with van der Waals surface area (Å²) in [5.74, 6) is 0.332. The molecule has 1 aromatic heterocycles. The van der Waals surface area contributed by atoms with Crippen molar-refractivity contribution in [1.29, 1.82) is 0 Å². The number of hydrogen-bond acceptors (Lipinski definition) is 4. The van der Waals surface area contributed by atoms with E-state index in [0.29, 0.717) is 10.6 Å². The molecular weight excluding hydrogens is 313 g/mol. The minimum Gasteiger partial charge on any atom is -0.496 e. The topological polar surface area (TPSA) is 42.4 Å². The summed E-state index contributed by atoms with van der Waals surface area (Å²) >= 11 is 1.33. The molecule has 0 spiro atoms. The van der Waals surface area contributed by atoms with Crippen molar-refractivity contribution in [3.63, 3.8) is 0 Å².